The Balaban J connectivity index is 2.40. The van der Waals surface area contributed by atoms with Crippen molar-refractivity contribution in [2.24, 2.45) is 5.92 Å². The molecule has 0 aromatic carbocycles. The molecule has 0 bridgehead atoms. The summed E-state index contributed by atoms with van der Waals surface area (Å²) < 4.78 is 0. The van der Waals surface area contributed by atoms with E-state index in [0.29, 0.717) is 6.04 Å². The lowest BCUT2D eigenvalue weighted by Gasteiger charge is -2.24. The molecule has 0 spiro atoms. The highest BCUT2D eigenvalue weighted by molar-refractivity contribution is 4.98. The maximum atomic E-state index is 4.13. The normalized spacial score (nSPS) is 19.9. The fourth-order valence-corrected chi connectivity index (χ4v) is 2.48. The highest BCUT2D eigenvalue weighted by Gasteiger charge is 2.24. The number of rotatable bonds is 6. The standard InChI is InChI=1S/C13H25N/c1-4-11(3)10-13(14-5-2)12-8-6-7-9-12/h12-14H,3-10H2,1-2H3. The molecule has 0 aromatic heterocycles. The summed E-state index contributed by atoms with van der Waals surface area (Å²) in [6.45, 7) is 9.64. The van der Waals surface area contributed by atoms with Crippen LogP contribution in [0.4, 0.5) is 0 Å². The molecule has 1 atom stereocenters. The van der Waals surface area contributed by atoms with Crippen LogP contribution in [0.15, 0.2) is 12.2 Å². The van der Waals surface area contributed by atoms with E-state index in [9.17, 15) is 0 Å². The van der Waals surface area contributed by atoms with Crippen molar-refractivity contribution in [1.82, 2.24) is 5.32 Å². The predicted octanol–water partition coefficient (Wildman–Crippen LogP) is 3.51. The van der Waals surface area contributed by atoms with Crippen molar-refractivity contribution in [2.75, 3.05) is 6.54 Å². The van der Waals surface area contributed by atoms with Crippen molar-refractivity contribution in [1.29, 1.82) is 0 Å². The van der Waals surface area contributed by atoms with Gasteiger partial charge in [-0.2, -0.15) is 0 Å². The Hall–Kier alpha value is -0.300. The predicted molar refractivity (Wildman–Crippen MR) is 63.5 cm³/mol. The Kier molecular flexibility index (Phi) is 5.24. The molecule has 0 heterocycles. The van der Waals surface area contributed by atoms with Gasteiger partial charge < -0.3 is 5.32 Å². The van der Waals surface area contributed by atoms with Gasteiger partial charge in [-0.1, -0.05) is 38.8 Å². The van der Waals surface area contributed by atoms with E-state index in [0.717, 1.165) is 18.9 Å². The summed E-state index contributed by atoms with van der Waals surface area (Å²) in [5.74, 6) is 0.915. The van der Waals surface area contributed by atoms with E-state index in [-0.39, 0.29) is 0 Å². The van der Waals surface area contributed by atoms with Gasteiger partial charge in [-0.05, 0) is 38.1 Å². The van der Waals surface area contributed by atoms with Crippen LogP contribution in [0.5, 0.6) is 0 Å². The number of hydrogen-bond acceptors (Lipinski definition) is 1. The zero-order valence-corrected chi connectivity index (χ0v) is 9.81. The Labute approximate surface area is 89.0 Å². The van der Waals surface area contributed by atoms with Crippen molar-refractivity contribution < 1.29 is 0 Å². The lowest BCUT2D eigenvalue weighted by molar-refractivity contribution is 0.360. The molecule has 0 aliphatic heterocycles. The molecule has 1 fully saturated rings. The Morgan fingerprint density at radius 1 is 1.36 bits per heavy atom. The van der Waals surface area contributed by atoms with E-state index >= 15 is 0 Å². The lowest BCUT2D eigenvalue weighted by atomic mass is 9.92. The lowest BCUT2D eigenvalue weighted by Crippen LogP contribution is -2.35. The van der Waals surface area contributed by atoms with Crippen molar-refractivity contribution >= 4 is 0 Å². The van der Waals surface area contributed by atoms with Crippen LogP contribution in [0.1, 0.15) is 52.4 Å². The van der Waals surface area contributed by atoms with Gasteiger partial charge in [0.25, 0.3) is 0 Å². The second-order valence-electron chi connectivity index (χ2n) is 4.52. The van der Waals surface area contributed by atoms with Gasteiger partial charge in [0, 0.05) is 6.04 Å². The molecule has 1 saturated carbocycles. The number of hydrogen-bond donors (Lipinski definition) is 1. The molecule has 1 aliphatic carbocycles. The van der Waals surface area contributed by atoms with Crippen LogP contribution in [0.25, 0.3) is 0 Å². The summed E-state index contributed by atoms with van der Waals surface area (Å²) in [6, 6.07) is 0.704. The van der Waals surface area contributed by atoms with Crippen LogP contribution < -0.4 is 5.32 Å². The third-order valence-electron chi connectivity index (χ3n) is 3.44. The molecule has 1 unspecified atom stereocenters. The van der Waals surface area contributed by atoms with Crippen molar-refractivity contribution in [2.45, 2.75) is 58.4 Å². The van der Waals surface area contributed by atoms with Gasteiger partial charge in [-0.15, -0.1) is 0 Å². The van der Waals surface area contributed by atoms with Crippen LogP contribution in [0.3, 0.4) is 0 Å². The van der Waals surface area contributed by atoms with Crippen molar-refractivity contribution in [3.63, 3.8) is 0 Å². The first-order valence-corrected chi connectivity index (χ1v) is 6.18. The summed E-state index contributed by atoms with van der Waals surface area (Å²) in [5.41, 5.74) is 1.41. The van der Waals surface area contributed by atoms with E-state index in [1.807, 2.05) is 0 Å². The summed E-state index contributed by atoms with van der Waals surface area (Å²) in [7, 11) is 0. The summed E-state index contributed by atoms with van der Waals surface area (Å²) in [5, 5.41) is 3.63. The van der Waals surface area contributed by atoms with Gasteiger partial charge in [0.05, 0.1) is 0 Å². The molecule has 1 nitrogen and oxygen atoms in total. The molecule has 1 aliphatic rings. The molecule has 14 heavy (non-hydrogen) atoms. The van der Waals surface area contributed by atoms with E-state index in [4.69, 9.17) is 0 Å². The molecular formula is C13H25N. The first-order valence-electron chi connectivity index (χ1n) is 6.18. The van der Waals surface area contributed by atoms with Crippen LogP contribution in [0.2, 0.25) is 0 Å². The van der Waals surface area contributed by atoms with E-state index in [2.05, 4.69) is 25.7 Å². The fraction of sp³-hybridized carbons (Fsp3) is 0.846. The van der Waals surface area contributed by atoms with E-state index in [1.165, 1.54) is 37.7 Å². The summed E-state index contributed by atoms with van der Waals surface area (Å²) >= 11 is 0. The molecule has 1 heteroatoms. The first kappa shape index (κ1) is 11.8. The van der Waals surface area contributed by atoms with Gasteiger partial charge in [0.2, 0.25) is 0 Å². The van der Waals surface area contributed by atoms with Crippen LogP contribution in [-0.2, 0) is 0 Å². The van der Waals surface area contributed by atoms with Gasteiger partial charge >= 0.3 is 0 Å². The molecule has 0 aromatic rings. The highest BCUT2D eigenvalue weighted by Crippen LogP contribution is 2.30. The molecule has 0 amide bonds. The second-order valence-corrected chi connectivity index (χ2v) is 4.52. The van der Waals surface area contributed by atoms with Crippen molar-refractivity contribution in [3.05, 3.63) is 12.2 Å². The molecular weight excluding hydrogens is 170 g/mol. The highest BCUT2D eigenvalue weighted by atomic mass is 14.9. The van der Waals surface area contributed by atoms with Crippen LogP contribution >= 0.6 is 0 Å². The minimum atomic E-state index is 0.704. The van der Waals surface area contributed by atoms with Gasteiger partial charge in [0.1, 0.15) is 0 Å². The third-order valence-corrected chi connectivity index (χ3v) is 3.44. The maximum absolute atomic E-state index is 4.13. The minimum Gasteiger partial charge on any atom is -0.314 e. The molecule has 82 valence electrons. The molecule has 1 rings (SSSR count). The van der Waals surface area contributed by atoms with Crippen LogP contribution in [0, 0.1) is 5.92 Å². The van der Waals surface area contributed by atoms with E-state index < -0.39 is 0 Å². The zero-order valence-electron chi connectivity index (χ0n) is 9.81. The van der Waals surface area contributed by atoms with Gasteiger partial charge in [-0.25, -0.2) is 0 Å². The summed E-state index contributed by atoms with van der Waals surface area (Å²) in [6.07, 6.45) is 8.04. The first-order chi connectivity index (χ1) is 6.77. The maximum Gasteiger partial charge on any atom is 0.0132 e. The van der Waals surface area contributed by atoms with Crippen molar-refractivity contribution in [3.8, 4) is 0 Å². The second kappa shape index (κ2) is 6.23. The SMILES string of the molecule is C=C(CC)CC(NCC)C1CCCC1. The van der Waals surface area contributed by atoms with Gasteiger partial charge in [0.15, 0.2) is 0 Å². The quantitative estimate of drug-likeness (QED) is 0.640. The Bertz CT molecular complexity index is 168. The monoisotopic (exact) mass is 195 g/mol. The largest absolute Gasteiger partial charge is 0.314 e. The molecule has 0 radical (unpaired) electrons. The number of nitrogens with one attached hydrogen (secondary N) is 1. The minimum absolute atomic E-state index is 0.704. The average Bonchev–Trinajstić information content (AvgIpc) is 2.69. The zero-order chi connectivity index (χ0) is 10.4. The fourth-order valence-electron chi connectivity index (χ4n) is 2.48. The smallest absolute Gasteiger partial charge is 0.0132 e. The van der Waals surface area contributed by atoms with E-state index in [1.54, 1.807) is 0 Å². The average molecular weight is 195 g/mol. The Morgan fingerprint density at radius 3 is 2.50 bits per heavy atom. The molecule has 1 N–H and O–H groups in total. The topological polar surface area (TPSA) is 12.0 Å². The van der Waals surface area contributed by atoms with Gasteiger partial charge in [-0.3, -0.25) is 0 Å². The Morgan fingerprint density at radius 2 is 2.00 bits per heavy atom. The summed E-state index contributed by atoms with van der Waals surface area (Å²) in [4.78, 5) is 0. The third kappa shape index (κ3) is 3.45. The van der Waals surface area contributed by atoms with Crippen LogP contribution in [-0.4, -0.2) is 12.6 Å². The molecule has 0 saturated heterocycles.